The molecule has 0 N–H and O–H groups in total. The maximum atomic E-state index is 2.40. The first-order valence-electron chi connectivity index (χ1n) is 20.1. The lowest BCUT2D eigenvalue weighted by atomic mass is 9.83. The maximum absolute atomic E-state index is 2.40. The number of hydrogen-bond acceptors (Lipinski definition) is 0. The predicted molar refractivity (Wildman–Crippen MR) is 249 cm³/mol. The minimum absolute atomic E-state index is 1.21. The zero-order chi connectivity index (χ0) is 38.4. The van der Waals surface area contributed by atoms with Gasteiger partial charge in [-0.05, 0) is 122 Å². The van der Waals surface area contributed by atoms with Crippen LogP contribution in [0.5, 0.6) is 0 Å². The fourth-order valence-electron chi connectivity index (χ4n) is 9.25. The first-order valence-corrected chi connectivity index (χ1v) is 20.1. The average molecular weight is 735 g/mol. The van der Waals surface area contributed by atoms with Crippen molar-refractivity contribution in [3.05, 3.63) is 231 Å². The van der Waals surface area contributed by atoms with Gasteiger partial charge in [0.25, 0.3) is 0 Å². The molecule has 0 spiro atoms. The van der Waals surface area contributed by atoms with Gasteiger partial charge < -0.3 is 0 Å². The molecule has 0 atom stereocenters. The van der Waals surface area contributed by atoms with E-state index in [2.05, 4.69) is 231 Å². The summed E-state index contributed by atoms with van der Waals surface area (Å²) in [6.07, 6.45) is 0. The van der Waals surface area contributed by atoms with E-state index in [-0.39, 0.29) is 0 Å². The summed E-state index contributed by atoms with van der Waals surface area (Å²) in [7, 11) is 0. The van der Waals surface area contributed by atoms with E-state index in [9.17, 15) is 0 Å². The molecule has 0 amide bonds. The minimum Gasteiger partial charge on any atom is -0.0622 e. The van der Waals surface area contributed by atoms with Crippen LogP contribution in [0.2, 0.25) is 0 Å². The first kappa shape index (κ1) is 33.8. The second-order valence-electron chi connectivity index (χ2n) is 15.2. The lowest BCUT2D eigenvalue weighted by Gasteiger charge is -2.20. The minimum atomic E-state index is 1.21. The molecule has 0 aliphatic rings. The molecule has 11 aromatic rings. The highest BCUT2D eigenvalue weighted by atomic mass is 14.2. The number of rotatable bonds is 6. The molecule has 0 radical (unpaired) electrons. The van der Waals surface area contributed by atoms with Crippen LogP contribution >= 0.6 is 0 Å². The van der Waals surface area contributed by atoms with Crippen molar-refractivity contribution in [2.24, 2.45) is 0 Å². The quantitative estimate of drug-likeness (QED) is 0.149. The smallest absolute Gasteiger partial charge is 0.00262 e. The molecular formula is C58H38. The Bertz CT molecular complexity index is 3230. The van der Waals surface area contributed by atoms with Crippen LogP contribution < -0.4 is 0 Å². The standard InChI is InChI=1S/C58H38/c1-4-17-39(18-5-1)44-23-16-24-46(37-44)58-51-29-14-11-26-48(51)55(49-27-12-15-30-52(49)58)42-31-33-43(34-32-42)56-47-25-10-13-28-50(47)57(41-21-8-3-9-22-41)54-38-45(35-36-53(54)56)40-19-6-2-7-20-40/h1-38H. The second kappa shape index (κ2) is 14.2. The molecule has 270 valence electrons. The predicted octanol–water partition coefficient (Wildman–Crippen LogP) is 16.3. The number of fused-ring (bicyclic) bond motifs is 4. The van der Waals surface area contributed by atoms with Crippen molar-refractivity contribution in [3.8, 4) is 66.8 Å². The molecule has 0 unspecified atom stereocenters. The molecule has 11 rings (SSSR count). The molecule has 58 heavy (non-hydrogen) atoms. The summed E-state index contributed by atoms with van der Waals surface area (Å²) in [6, 6.07) is 84.4. The Kier molecular flexibility index (Phi) is 8.26. The molecule has 0 saturated carbocycles. The van der Waals surface area contributed by atoms with Gasteiger partial charge in [0.05, 0.1) is 0 Å². The van der Waals surface area contributed by atoms with Gasteiger partial charge in [-0.2, -0.15) is 0 Å². The van der Waals surface area contributed by atoms with Gasteiger partial charge in [-0.3, -0.25) is 0 Å². The third-order valence-corrected chi connectivity index (χ3v) is 11.8. The highest BCUT2D eigenvalue weighted by Gasteiger charge is 2.20. The third kappa shape index (κ3) is 5.69. The van der Waals surface area contributed by atoms with Crippen molar-refractivity contribution in [1.82, 2.24) is 0 Å². The van der Waals surface area contributed by atoms with E-state index in [1.165, 1.54) is 110 Å². The van der Waals surface area contributed by atoms with Crippen LogP contribution in [0.1, 0.15) is 0 Å². The molecule has 0 aliphatic carbocycles. The van der Waals surface area contributed by atoms with Crippen LogP contribution in [0.25, 0.3) is 110 Å². The molecule has 0 saturated heterocycles. The van der Waals surface area contributed by atoms with E-state index >= 15 is 0 Å². The van der Waals surface area contributed by atoms with Gasteiger partial charge in [-0.1, -0.05) is 218 Å². The Morgan fingerprint density at radius 1 is 0.138 bits per heavy atom. The van der Waals surface area contributed by atoms with Gasteiger partial charge >= 0.3 is 0 Å². The highest BCUT2D eigenvalue weighted by Crippen LogP contribution is 2.47. The zero-order valence-corrected chi connectivity index (χ0v) is 31.9. The molecule has 0 aliphatic heterocycles. The van der Waals surface area contributed by atoms with Crippen molar-refractivity contribution >= 4 is 43.1 Å². The summed E-state index contributed by atoms with van der Waals surface area (Å²) >= 11 is 0. The van der Waals surface area contributed by atoms with E-state index < -0.39 is 0 Å². The first-order chi connectivity index (χ1) is 28.8. The monoisotopic (exact) mass is 734 g/mol. The largest absolute Gasteiger partial charge is 0.0622 e. The van der Waals surface area contributed by atoms with Gasteiger partial charge in [0, 0.05) is 0 Å². The SMILES string of the molecule is c1ccc(-c2cccc(-c3c4ccccc4c(-c4ccc(-c5c6ccccc6c(-c6ccccc6)c6cc(-c7ccccc7)ccc56)cc4)c4ccccc34)c2)cc1. The fraction of sp³-hybridized carbons (Fsp3) is 0. The van der Waals surface area contributed by atoms with E-state index in [0.717, 1.165) is 0 Å². The van der Waals surface area contributed by atoms with Gasteiger partial charge in [0.1, 0.15) is 0 Å². The fourth-order valence-corrected chi connectivity index (χ4v) is 9.25. The van der Waals surface area contributed by atoms with Crippen LogP contribution in [0.15, 0.2) is 231 Å². The summed E-state index contributed by atoms with van der Waals surface area (Å²) in [4.78, 5) is 0. The Balaban J connectivity index is 1.11. The molecule has 0 bridgehead atoms. The zero-order valence-electron chi connectivity index (χ0n) is 31.9. The van der Waals surface area contributed by atoms with Crippen molar-refractivity contribution in [1.29, 1.82) is 0 Å². The van der Waals surface area contributed by atoms with E-state index in [0.29, 0.717) is 0 Å². The van der Waals surface area contributed by atoms with Crippen LogP contribution in [0.3, 0.4) is 0 Å². The summed E-state index contributed by atoms with van der Waals surface area (Å²) in [6.45, 7) is 0. The van der Waals surface area contributed by atoms with Gasteiger partial charge in [-0.25, -0.2) is 0 Å². The maximum Gasteiger partial charge on any atom is -0.00262 e. The lowest BCUT2D eigenvalue weighted by Crippen LogP contribution is -1.93. The summed E-state index contributed by atoms with van der Waals surface area (Å²) < 4.78 is 0. The molecule has 0 heterocycles. The van der Waals surface area contributed by atoms with E-state index in [1.54, 1.807) is 0 Å². The average Bonchev–Trinajstić information content (AvgIpc) is 3.30. The Morgan fingerprint density at radius 2 is 0.414 bits per heavy atom. The number of hydrogen-bond donors (Lipinski definition) is 0. The molecule has 0 fully saturated rings. The number of benzene rings is 11. The Hall–Kier alpha value is -7.54. The highest BCUT2D eigenvalue weighted by molar-refractivity contribution is 6.23. The second-order valence-corrected chi connectivity index (χ2v) is 15.2. The summed E-state index contributed by atoms with van der Waals surface area (Å²) in [5, 5.41) is 10.1. The van der Waals surface area contributed by atoms with Crippen molar-refractivity contribution in [2.45, 2.75) is 0 Å². The van der Waals surface area contributed by atoms with Gasteiger partial charge in [0.2, 0.25) is 0 Å². The lowest BCUT2D eigenvalue weighted by molar-refractivity contribution is 1.61. The van der Waals surface area contributed by atoms with E-state index in [4.69, 9.17) is 0 Å². The Labute approximate surface area is 339 Å². The molecular weight excluding hydrogens is 697 g/mol. The van der Waals surface area contributed by atoms with Crippen molar-refractivity contribution in [3.63, 3.8) is 0 Å². The molecule has 11 aromatic carbocycles. The molecule has 0 aromatic heterocycles. The van der Waals surface area contributed by atoms with Crippen LogP contribution in [0, 0.1) is 0 Å². The summed E-state index contributed by atoms with van der Waals surface area (Å²) in [5.74, 6) is 0. The normalized spacial score (nSPS) is 11.4. The topological polar surface area (TPSA) is 0 Å². The molecule has 0 heteroatoms. The van der Waals surface area contributed by atoms with Crippen molar-refractivity contribution < 1.29 is 0 Å². The van der Waals surface area contributed by atoms with Crippen molar-refractivity contribution in [2.75, 3.05) is 0 Å². The Morgan fingerprint density at radius 3 is 0.862 bits per heavy atom. The third-order valence-electron chi connectivity index (χ3n) is 11.8. The van der Waals surface area contributed by atoms with Crippen LogP contribution in [-0.4, -0.2) is 0 Å². The molecule has 0 nitrogen and oxygen atoms in total. The van der Waals surface area contributed by atoms with Gasteiger partial charge in [-0.15, -0.1) is 0 Å². The van der Waals surface area contributed by atoms with Crippen LogP contribution in [0.4, 0.5) is 0 Å². The summed E-state index contributed by atoms with van der Waals surface area (Å²) in [5.41, 5.74) is 14.8. The van der Waals surface area contributed by atoms with Crippen LogP contribution in [-0.2, 0) is 0 Å². The van der Waals surface area contributed by atoms with Gasteiger partial charge in [0.15, 0.2) is 0 Å². The van der Waals surface area contributed by atoms with E-state index in [1.807, 2.05) is 0 Å².